The van der Waals surface area contributed by atoms with E-state index in [-0.39, 0.29) is 0 Å². The van der Waals surface area contributed by atoms with Crippen LogP contribution >= 0.6 is 11.3 Å². The lowest BCUT2D eigenvalue weighted by molar-refractivity contribution is 0.969. The average molecular weight is 204 g/mol. The van der Waals surface area contributed by atoms with E-state index < -0.39 is 0 Å². The molecule has 0 aliphatic carbocycles. The predicted molar refractivity (Wildman–Crippen MR) is 60.3 cm³/mol. The zero-order valence-electron chi connectivity index (χ0n) is 7.81. The number of thiazole rings is 1. The van der Waals surface area contributed by atoms with Gasteiger partial charge in [-0.1, -0.05) is 24.3 Å². The molecule has 0 fully saturated rings. The second-order valence-electron chi connectivity index (χ2n) is 3.10. The zero-order chi connectivity index (χ0) is 9.80. The fourth-order valence-corrected chi connectivity index (χ4v) is 2.03. The molecule has 0 atom stereocenters. The summed E-state index contributed by atoms with van der Waals surface area (Å²) in [5.41, 5.74) is 9.90. The van der Waals surface area contributed by atoms with Gasteiger partial charge in [0.1, 0.15) is 0 Å². The number of aromatic nitrogens is 1. The van der Waals surface area contributed by atoms with Crippen LogP contribution in [0.1, 0.15) is 5.56 Å². The van der Waals surface area contributed by atoms with Crippen LogP contribution in [0.3, 0.4) is 0 Å². The van der Waals surface area contributed by atoms with Gasteiger partial charge in [-0.2, -0.15) is 0 Å². The van der Waals surface area contributed by atoms with Crippen molar-refractivity contribution in [1.29, 1.82) is 0 Å². The number of nitrogens with zero attached hydrogens (tertiary/aromatic N) is 1. The van der Waals surface area contributed by atoms with Crippen molar-refractivity contribution in [3.05, 3.63) is 41.5 Å². The van der Waals surface area contributed by atoms with Gasteiger partial charge in [-0.25, -0.2) is 0 Å². The van der Waals surface area contributed by atoms with Gasteiger partial charge in [-0.15, -0.1) is 11.3 Å². The Morgan fingerprint density at radius 2 is 2.29 bits per heavy atom. The molecule has 0 unspecified atom stereocenters. The summed E-state index contributed by atoms with van der Waals surface area (Å²) in [4.78, 5) is 5.28. The van der Waals surface area contributed by atoms with Crippen LogP contribution in [0.4, 0.5) is 0 Å². The molecule has 0 radical (unpaired) electrons. The fourth-order valence-electron chi connectivity index (χ4n) is 1.41. The first kappa shape index (κ1) is 9.37. The maximum atomic E-state index is 5.52. The first-order chi connectivity index (χ1) is 6.90. The molecule has 3 heteroatoms. The summed E-state index contributed by atoms with van der Waals surface area (Å²) in [7, 11) is 0. The molecule has 0 bridgehead atoms. The molecule has 2 nitrogen and oxygen atoms in total. The van der Waals surface area contributed by atoms with E-state index in [9.17, 15) is 0 Å². The van der Waals surface area contributed by atoms with Crippen LogP contribution in [0.25, 0.3) is 10.4 Å². The van der Waals surface area contributed by atoms with Gasteiger partial charge in [-0.05, 0) is 24.1 Å². The fraction of sp³-hybridized carbons (Fsp3) is 0.182. The lowest BCUT2D eigenvalue weighted by atomic mass is 10.1. The zero-order valence-corrected chi connectivity index (χ0v) is 8.63. The Bertz CT molecular complexity index is 395. The van der Waals surface area contributed by atoms with Crippen LogP contribution in [0.2, 0.25) is 0 Å². The van der Waals surface area contributed by atoms with Gasteiger partial charge in [-0.3, -0.25) is 4.98 Å². The SMILES string of the molecule is NCCc1cccc(-c2cncs2)c1. The summed E-state index contributed by atoms with van der Waals surface area (Å²) >= 11 is 1.66. The Labute approximate surface area is 87.4 Å². The van der Waals surface area contributed by atoms with Gasteiger partial charge in [0.25, 0.3) is 0 Å². The maximum Gasteiger partial charge on any atom is 0.0797 e. The van der Waals surface area contributed by atoms with E-state index >= 15 is 0 Å². The summed E-state index contributed by atoms with van der Waals surface area (Å²) in [6.45, 7) is 0.701. The Kier molecular flexibility index (Phi) is 2.91. The molecule has 0 aliphatic rings. The maximum absolute atomic E-state index is 5.52. The van der Waals surface area contributed by atoms with Crippen molar-refractivity contribution >= 4 is 11.3 Å². The minimum absolute atomic E-state index is 0.701. The molecule has 0 saturated heterocycles. The average Bonchev–Trinajstić information content (AvgIpc) is 2.71. The Morgan fingerprint density at radius 3 is 3.00 bits per heavy atom. The van der Waals surface area contributed by atoms with E-state index in [1.807, 2.05) is 11.7 Å². The van der Waals surface area contributed by atoms with E-state index in [2.05, 4.69) is 29.2 Å². The van der Waals surface area contributed by atoms with E-state index in [1.54, 1.807) is 11.3 Å². The van der Waals surface area contributed by atoms with Crippen LogP contribution in [0.15, 0.2) is 36.0 Å². The Hall–Kier alpha value is -1.19. The minimum atomic E-state index is 0.701. The van der Waals surface area contributed by atoms with Gasteiger partial charge in [0.15, 0.2) is 0 Å². The monoisotopic (exact) mass is 204 g/mol. The number of hydrogen-bond acceptors (Lipinski definition) is 3. The van der Waals surface area contributed by atoms with Crippen molar-refractivity contribution in [3.8, 4) is 10.4 Å². The highest BCUT2D eigenvalue weighted by atomic mass is 32.1. The third kappa shape index (κ3) is 2.00. The van der Waals surface area contributed by atoms with Gasteiger partial charge in [0, 0.05) is 6.20 Å². The first-order valence-corrected chi connectivity index (χ1v) is 5.46. The van der Waals surface area contributed by atoms with Crippen LogP contribution < -0.4 is 5.73 Å². The molecule has 2 rings (SSSR count). The third-order valence-electron chi connectivity index (χ3n) is 2.08. The van der Waals surface area contributed by atoms with E-state index in [1.165, 1.54) is 16.0 Å². The summed E-state index contributed by atoms with van der Waals surface area (Å²) in [5.74, 6) is 0. The Balaban J connectivity index is 2.31. The molecule has 0 amide bonds. The molecule has 72 valence electrons. The smallest absolute Gasteiger partial charge is 0.0797 e. The highest BCUT2D eigenvalue weighted by Crippen LogP contribution is 2.23. The molecule has 14 heavy (non-hydrogen) atoms. The van der Waals surface area contributed by atoms with Gasteiger partial charge in [0.2, 0.25) is 0 Å². The molecule has 0 saturated carbocycles. The molecule has 2 aromatic rings. The molecule has 1 heterocycles. The van der Waals surface area contributed by atoms with E-state index in [0.717, 1.165) is 6.42 Å². The van der Waals surface area contributed by atoms with Crippen LogP contribution in [0, 0.1) is 0 Å². The van der Waals surface area contributed by atoms with Crippen molar-refractivity contribution in [2.45, 2.75) is 6.42 Å². The van der Waals surface area contributed by atoms with Crippen molar-refractivity contribution < 1.29 is 0 Å². The number of nitrogens with two attached hydrogens (primary N) is 1. The Morgan fingerprint density at radius 1 is 1.36 bits per heavy atom. The molecule has 2 N–H and O–H groups in total. The van der Waals surface area contributed by atoms with Crippen LogP contribution in [-0.4, -0.2) is 11.5 Å². The van der Waals surface area contributed by atoms with Gasteiger partial charge < -0.3 is 5.73 Å². The van der Waals surface area contributed by atoms with E-state index in [4.69, 9.17) is 5.73 Å². The largest absolute Gasteiger partial charge is 0.330 e. The topological polar surface area (TPSA) is 38.9 Å². The number of hydrogen-bond donors (Lipinski definition) is 1. The van der Waals surface area contributed by atoms with Crippen molar-refractivity contribution in [1.82, 2.24) is 4.98 Å². The van der Waals surface area contributed by atoms with Crippen LogP contribution in [0.5, 0.6) is 0 Å². The second-order valence-corrected chi connectivity index (χ2v) is 3.99. The molecular formula is C11H12N2S. The summed E-state index contributed by atoms with van der Waals surface area (Å²) < 4.78 is 0. The quantitative estimate of drug-likeness (QED) is 0.833. The predicted octanol–water partition coefficient (Wildman–Crippen LogP) is 2.31. The van der Waals surface area contributed by atoms with Crippen LogP contribution in [-0.2, 0) is 6.42 Å². The van der Waals surface area contributed by atoms with Gasteiger partial charge in [0.05, 0.1) is 10.4 Å². The minimum Gasteiger partial charge on any atom is -0.330 e. The second kappa shape index (κ2) is 4.35. The lowest BCUT2D eigenvalue weighted by Gasteiger charge is -2.01. The summed E-state index contributed by atoms with van der Waals surface area (Å²) in [6.07, 6.45) is 2.83. The molecule has 1 aromatic carbocycles. The third-order valence-corrected chi connectivity index (χ3v) is 2.90. The summed E-state index contributed by atoms with van der Waals surface area (Å²) in [5, 5.41) is 0. The van der Waals surface area contributed by atoms with Crippen molar-refractivity contribution in [3.63, 3.8) is 0 Å². The summed E-state index contributed by atoms with van der Waals surface area (Å²) in [6, 6.07) is 8.46. The standard InChI is InChI=1S/C11H12N2S/c12-5-4-9-2-1-3-10(6-9)11-7-13-8-14-11/h1-3,6-8H,4-5,12H2. The number of benzene rings is 1. The molecular weight excluding hydrogens is 192 g/mol. The highest BCUT2D eigenvalue weighted by molar-refractivity contribution is 7.13. The van der Waals surface area contributed by atoms with Crippen molar-refractivity contribution in [2.24, 2.45) is 5.73 Å². The first-order valence-electron chi connectivity index (χ1n) is 4.58. The normalized spacial score (nSPS) is 10.4. The highest BCUT2D eigenvalue weighted by Gasteiger charge is 1.99. The number of rotatable bonds is 3. The lowest BCUT2D eigenvalue weighted by Crippen LogP contribution is -2.02. The van der Waals surface area contributed by atoms with E-state index in [0.29, 0.717) is 6.54 Å². The molecule has 0 aliphatic heterocycles. The van der Waals surface area contributed by atoms with Crippen molar-refractivity contribution in [2.75, 3.05) is 6.54 Å². The molecule has 0 spiro atoms. The van der Waals surface area contributed by atoms with Gasteiger partial charge >= 0.3 is 0 Å². The molecule has 1 aromatic heterocycles.